The molecule has 3 rings (SSSR count). The lowest BCUT2D eigenvalue weighted by atomic mass is 9.79. The smallest absolute Gasteiger partial charge is 0.234 e. The average Bonchev–Trinajstić information content (AvgIpc) is 3.10. The quantitative estimate of drug-likeness (QED) is 0.852. The van der Waals surface area contributed by atoms with Crippen LogP contribution in [-0.2, 0) is 14.8 Å². The van der Waals surface area contributed by atoms with Crippen LogP contribution in [0.5, 0.6) is 0 Å². The van der Waals surface area contributed by atoms with Crippen molar-refractivity contribution in [2.24, 2.45) is 5.41 Å². The Morgan fingerprint density at radius 2 is 2.14 bits per heavy atom. The van der Waals surface area contributed by atoms with E-state index in [2.05, 4.69) is 0 Å². The molecule has 2 aliphatic heterocycles. The van der Waals surface area contributed by atoms with Crippen LogP contribution < -0.4 is 4.90 Å². The molecular formula is C14H20N2O3S2. The summed E-state index contributed by atoms with van der Waals surface area (Å²) in [4.78, 5) is 14.7. The zero-order chi connectivity index (χ0) is 15.1. The summed E-state index contributed by atoms with van der Waals surface area (Å²) in [7, 11) is -3.21. The average molecular weight is 328 g/mol. The highest BCUT2D eigenvalue weighted by Gasteiger charge is 2.50. The van der Waals surface area contributed by atoms with Crippen molar-refractivity contribution in [2.75, 3.05) is 30.3 Å². The Morgan fingerprint density at radius 3 is 2.81 bits per heavy atom. The maximum atomic E-state index is 12.9. The molecule has 3 heterocycles. The van der Waals surface area contributed by atoms with E-state index in [9.17, 15) is 13.2 Å². The molecule has 1 amide bonds. The van der Waals surface area contributed by atoms with E-state index >= 15 is 0 Å². The van der Waals surface area contributed by atoms with Gasteiger partial charge in [0.05, 0.1) is 16.9 Å². The van der Waals surface area contributed by atoms with Gasteiger partial charge >= 0.3 is 0 Å². The van der Waals surface area contributed by atoms with Gasteiger partial charge in [-0.1, -0.05) is 0 Å². The van der Waals surface area contributed by atoms with Crippen molar-refractivity contribution in [3.63, 3.8) is 0 Å². The van der Waals surface area contributed by atoms with Gasteiger partial charge in [-0.15, -0.1) is 0 Å². The van der Waals surface area contributed by atoms with Gasteiger partial charge in [0.2, 0.25) is 15.9 Å². The molecule has 2 fully saturated rings. The number of amides is 1. The number of carbonyl (C=O) groups is 1. The summed E-state index contributed by atoms with van der Waals surface area (Å²) < 4.78 is 25.7. The normalized spacial score (nSPS) is 27.7. The minimum absolute atomic E-state index is 0.0944. The van der Waals surface area contributed by atoms with Crippen LogP contribution in [0.15, 0.2) is 16.8 Å². The van der Waals surface area contributed by atoms with Crippen LogP contribution >= 0.6 is 11.3 Å². The SMILES string of the molecule is CCS(=O)(=O)N1CCCC2(CCN(c3ccsc3)C2=O)C1. The Morgan fingerprint density at radius 1 is 1.33 bits per heavy atom. The second-order valence-electron chi connectivity index (χ2n) is 5.81. The number of thiophene rings is 1. The van der Waals surface area contributed by atoms with E-state index in [-0.39, 0.29) is 11.7 Å². The van der Waals surface area contributed by atoms with E-state index in [1.165, 1.54) is 4.31 Å². The first-order chi connectivity index (χ1) is 9.98. The van der Waals surface area contributed by atoms with E-state index in [1.807, 2.05) is 21.7 Å². The Balaban J connectivity index is 1.84. The summed E-state index contributed by atoms with van der Waals surface area (Å²) in [6.07, 6.45) is 2.31. The molecule has 2 saturated heterocycles. The summed E-state index contributed by atoms with van der Waals surface area (Å²) in [5, 5.41) is 3.93. The van der Waals surface area contributed by atoms with E-state index in [1.54, 1.807) is 18.3 Å². The van der Waals surface area contributed by atoms with Crippen molar-refractivity contribution in [2.45, 2.75) is 26.2 Å². The number of hydrogen-bond acceptors (Lipinski definition) is 4. The Labute approximate surface area is 129 Å². The molecule has 21 heavy (non-hydrogen) atoms. The topological polar surface area (TPSA) is 57.7 Å². The number of nitrogens with zero attached hydrogens (tertiary/aromatic N) is 2. The van der Waals surface area contributed by atoms with Crippen molar-refractivity contribution in [3.05, 3.63) is 16.8 Å². The molecule has 1 atom stereocenters. The zero-order valence-electron chi connectivity index (χ0n) is 12.1. The van der Waals surface area contributed by atoms with Gasteiger partial charge in [-0.3, -0.25) is 4.79 Å². The van der Waals surface area contributed by atoms with Gasteiger partial charge in [-0.25, -0.2) is 12.7 Å². The molecule has 1 unspecified atom stereocenters. The first-order valence-corrected chi connectivity index (χ1v) is 9.86. The van der Waals surface area contributed by atoms with E-state index in [0.717, 1.165) is 24.9 Å². The maximum Gasteiger partial charge on any atom is 0.234 e. The first kappa shape index (κ1) is 15.0. The fourth-order valence-electron chi connectivity index (χ4n) is 3.37. The summed E-state index contributed by atoms with van der Waals surface area (Å²) in [5.74, 6) is 0.197. The van der Waals surface area contributed by atoms with Crippen LogP contribution in [0.1, 0.15) is 26.2 Å². The Kier molecular flexibility index (Phi) is 3.83. The molecule has 7 heteroatoms. The largest absolute Gasteiger partial charge is 0.311 e. The van der Waals surface area contributed by atoms with Gasteiger partial charge in [0.15, 0.2) is 0 Å². The summed E-state index contributed by atoms with van der Waals surface area (Å²) in [6.45, 7) is 3.24. The van der Waals surface area contributed by atoms with Crippen LogP contribution in [0, 0.1) is 5.41 Å². The maximum absolute atomic E-state index is 12.9. The number of rotatable bonds is 3. The van der Waals surface area contributed by atoms with Gasteiger partial charge in [0, 0.05) is 25.0 Å². The molecule has 1 aromatic rings. The van der Waals surface area contributed by atoms with Gasteiger partial charge in [-0.2, -0.15) is 11.3 Å². The minimum Gasteiger partial charge on any atom is -0.311 e. The van der Waals surface area contributed by atoms with Crippen molar-refractivity contribution in [1.82, 2.24) is 4.31 Å². The molecule has 0 N–H and O–H groups in total. The van der Waals surface area contributed by atoms with Crippen molar-refractivity contribution < 1.29 is 13.2 Å². The predicted molar refractivity (Wildman–Crippen MR) is 84.0 cm³/mol. The van der Waals surface area contributed by atoms with Gasteiger partial charge in [-0.05, 0) is 37.6 Å². The molecule has 0 aromatic carbocycles. The zero-order valence-corrected chi connectivity index (χ0v) is 13.8. The molecule has 0 bridgehead atoms. The van der Waals surface area contributed by atoms with E-state index in [0.29, 0.717) is 19.6 Å². The highest BCUT2D eigenvalue weighted by Crippen LogP contribution is 2.42. The summed E-state index contributed by atoms with van der Waals surface area (Å²) >= 11 is 1.57. The van der Waals surface area contributed by atoms with Crippen LogP contribution in [0.25, 0.3) is 0 Å². The molecule has 0 radical (unpaired) electrons. The number of piperidine rings is 1. The summed E-state index contributed by atoms with van der Waals surface area (Å²) in [5.41, 5.74) is 0.431. The van der Waals surface area contributed by atoms with Crippen molar-refractivity contribution >= 4 is 33.0 Å². The molecule has 5 nitrogen and oxygen atoms in total. The predicted octanol–water partition coefficient (Wildman–Crippen LogP) is 1.92. The fourth-order valence-corrected chi connectivity index (χ4v) is 5.22. The lowest BCUT2D eigenvalue weighted by molar-refractivity contribution is -0.127. The molecular weight excluding hydrogens is 308 g/mol. The van der Waals surface area contributed by atoms with Crippen molar-refractivity contribution in [1.29, 1.82) is 0 Å². The van der Waals surface area contributed by atoms with Gasteiger partial charge in [0.1, 0.15) is 0 Å². The minimum atomic E-state index is -3.21. The van der Waals surface area contributed by atoms with Crippen LogP contribution in [0.2, 0.25) is 0 Å². The third kappa shape index (κ3) is 2.51. The number of sulfonamides is 1. The fraction of sp³-hybridized carbons (Fsp3) is 0.643. The standard InChI is InChI=1S/C14H20N2O3S2/c1-2-21(18,19)15-7-3-5-14(11-15)6-8-16(13(14)17)12-4-9-20-10-12/h4,9-10H,2-3,5-8,11H2,1H3. The van der Waals surface area contributed by atoms with Crippen LogP contribution in [0.3, 0.4) is 0 Å². The number of anilines is 1. The van der Waals surface area contributed by atoms with Crippen molar-refractivity contribution in [3.8, 4) is 0 Å². The second kappa shape index (κ2) is 5.37. The molecule has 116 valence electrons. The third-order valence-corrected chi connectivity index (χ3v) is 7.13. The molecule has 0 saturated carbocycles. The molecule has 0 aliphatic carbocycles. The lowest BCUT2D eigenvalue weighted by Crippen LogP contribution is -2.50. The first-order valence-electron chi connectivity index (χ1n) is 7.30. The third-order valence-electron chi connectivity index (χ3n) is 4.63. The number of hydrogen-bond donors (Lipinski definition) is 0. The second-order valence-corrected chi connectivity index (χ2v) is 8.84. The van der Waals surface area contributed by atoms with Crippen LogP contribution in [0.4, 0.5) is 5.69 Å². The molecule has 2 aliphatic rings. The van der Waals surface area contributed by atoms with E-state index < -0.39 is 15.4 Å². The van der Waals surface area contributed by atoms with E-state index in [4.69, 9.17) is 0 Å². The molecule has 1 aromatic heterocycles. The van der Waals surface area contributed by atoms with Gasteiger partial charge in [0.25, 0.3) is 0 Å². The highest BCUT2D eigenvalue weighted by molar-refractivity contribution is 7.89. The summed E-state index contributed by atoms with van der Waals surface area (Å²) in [6, 6.07) is 1.95. The lowest BCUT2D eigenvalue weighted by Gasteiger charge is -2.38. The number of carbonyl (C=O) groups excluding carboxylic acids is 1. The van der Waals surface area contributed by atoms with Gasteiger partial charge < -0.3 is 4.90 Å². The Bertz CT molecular complexity index is 627. The highest BCUT2D eigenvalue weighted by atomic mass is 32.2. The monoisotopic (exact) mass is 328 g/mol. The molecule has 1 spiro atoms. The Hall–Kier alpha value is -0.920. The van der Waals surface area contributed by atoms with Crippen LogP contribution in [-0.4, -0.2) is 44.0 Å².